The Morgan fingerprint density at radius 3 is 2.46 bits per heavy atom. The van der Waals surface area contributed by atoms with Gasteiger partial charge in [0.25, 0.3) is 0 Å². The maximum Gasteiger partial charge on any atom is 0.387 e. The van der Waals surface area contributed by atoms with Crippen molar-refractivity contribution in [1.82, 2.24) is 4.57 Å². The van der Waals surface area contributed by atoms with Crippen molar-refractivity contribution < 1.29 is 32.6 Å². The molecule has 0 aliphatic rings. The predicted molar refractivity (Wildman–Crippen MR) is 98.4 cm³/mol. The minimum Gasteiger partial charge on any atom is -0.493 e. The molecule has 0 atom stereocenters. The van der Waals surface area contributed by atoms with Crippen LogP contribution in [0.2, 0.25) is 0 Å². The van der Waals surface area contributed by atoms with Crippen molar-refractivity contribution in [2.75, 3.05) is 13.7 Å². The number of carbonyl (C=O) groups is 2. The molecule has 0 radical (unpaired) electrons. The lowest BCUT2D eigenvalue weighted by molar-refractivity contribution is -0.0512. The first-order valence-electron chi connectivity index (χ1n) is 8.78. The summed E-state index contributed by atoms with van der Waals surface area (Å²) >= 11 is 0. The van der Waals surface area contributed by atoms with Gasteiger partial charge in [-0.05, 0) is 44.5 Å². The summed E-state index contributed by atoms with van der Waals surface area (Å²) in [5, 5.41) is 0. The van der Waals surface area contributed by atoms with E-state index in [1.807, 2.05) is 25.3 Å². The molecule has 0 spiro atoms. The van der Waals surface area contributed by atoms with Gasteiger partial charge in [0.2, 0.25) is 5.78 Å². The summed E-state index contributed by atoms with van der Waals surface area (Å²) in [5.74, 6) is -1.32. The Kier molecular flexibility index (Phi) is 7.14. The lowest BCUT2D eigenvalue weighted by Crippen LogP contribution is -2.15. The van der Waals surface area contributed by atoms with Gasteiger partial charge < -0.3 is 18.8 Å². The van der Waals surface area contributed by atoms with Crippen LogP contribution in [0, 0.1) is 13.8 Å². The number of hydrogen-bond donors (Lipinski definition) is 0. The summed E-state index contributed by atoms with van der Waals surface area (Å²) in [6.07, 6.45) is 0.937. The molecule has 0 amide bonds. The van der Waals surface area contributed by atoms with E-state index in [1.54, 1.807) is 6.07 Å². The zero-order valence-electron chi connectivity index (χ0n) is 16.3. The molecule has 1 aromatic heterocycles. The molecule has 1 heterocycles. The number of nitrogens with zero attached hydrogens (tertiary/aromatic N) is 1. The molecule has 152 valence electrons. The van der Waals surface area contributed by atoms with Crippen LogP contribution in [-0.4, -0.2) is 36.6 Å². The lowest BCUT2D eigenvalue weighted by atomic mass is 10.1. The molecular weight excluding hydrogens is 372 g/mol. The number of aryl methyl sites for hydroxylation is 1. The van der Waals surface area contributed by atoms with Crippen molar-refractivity contribution in [1.29, 1.82) is 0 Å². The van der Waals surface area contributed by atoms with Gasteiger partial charge in [-0.25, -0.2) is 4.79 Å². The number of hydrogen-bond acceptors (Lipinski definition) is 5. The maximum atomic E-state index is 12.5. The van der Waals surface area contributed by atoms with Crippen LogP contribution in [0.15, 0.2) is 24.3 Å². The third-order valence-electron chi connectivity index (χ3n) is 4.27. The molecule has 8 heteroatoms. The van der Waals surface area contributed by atoms with Crippen LogP contribution < -0.4 is 9.47 Å². The second-order valence-electron chi connectivity index (χ2n) is 6.18. The Morgan fingerprint density at radius 2 is 1.86 bits per heavy atom. The molecule has 0 unspecified atom stereocenters. The normalized spacial score (nSPS) is 10.8. The van der Waals surface area contributed by atoms with Gasteiger partial charge in [-0.3, -0.25) is 4.79 Å². The molecule has 0 saturated heterocycles. The second-order valence-corrected chi connectivity index (χ2v) is 6.18. The number of rotatable bonds is 9. The number of methoxy groups -OCH3 is 1. The lowest BCUT2D eigenvalue weighted by Gasteiger charge is -2.11. The van der Waals surface area contributed by atoms with Crippen molar-refractivity contribution in [3.05, 3.63) is 46.8 Å². The number of alkyl halides is 2. The van der Waals surface area contributed by atoms with Crippen molar-refractivity contribution in [3.63, 3.8) is 0 Å². The number of halogens is 2. The molecule has 0 saturated carbocycles. The van der Waals surface area contributed by atoms with Crippen LogP contribution in [0.25, 0.3) is 0 Å². The van der Waals surface area contributed by atoms with Gasteiger partial charge >= 0.3 is 12.6 Å². The standard InChI is InChI=1S/C20H23F2NO5/c1-5-8-23-12(2)9-15(13(23)3)16(24)11-27-19(25)14-6-7-17(28-20(21)22)18(10-14)26-4/h6-7,9-10,20H,5,8,11H2,1-4H3. The quantitative estimate of drug-likeness (QED) is 0.471. The van der Waals surface area contributed by atoms with E-state index in [4.69, 9.17) is 9.47 Å². The number of esters is 1. The summed E-state index contributed by atoms with van der Waals surface area (Å²) in [7, 11) is 1.26. The molecule has 0 aliphatic heterocycles. The Bertz CT molecular complexity index is 861. The van der Waals surface area contributed by atoms with E-state index in [2.05, 4.69) is 4.74 Å². The highest BCUT2D eigenvalue weighted by Gasteiger charge is 2.19. The fourth-order valence-electron chi connectivity index (χ4n) is 2.93. The summed E-state index contributed by atoms with van der Waals surface area (Å²) in [5.41, 5.74) is 2.36. The average Bonchev–Trinajstić information content (AvgIpc) is 2.94. The Balaban J connectivity index is 2.08. The first-order valence-corrected chi connectivity index (χ1v) is 8.78. The fourth-order valence-corrected chi connectivity index (χ4v) is 2.93. The predicted octanol–water partition coefficient (Wildman–Crippen LogP) is 4.16. The highest BCUT2D eigenvalue weighted by atomic mass is 19.3. The van der Waals surface area contributed by atoms with E-state index < -0.39 is 19.2 Å². The van der Waals surface area contributed by atoms with Gasteiger partial charge in [-0.2, -0.15) is 8.78 Å². The van der Waals surface area contributed by atoms with Gasteiger partial charge in [-0.15, -0.1) is 0 Å². The largest absolute Gasteiger partial charge is 0.493 e. The van der Waals surface area contributed by atoms with E-state index in [9.17, 15) is 18.4 Å². The molecule has 0 N–H and O–H groups in total. The first-order chi connectivity index (χ1) is 13.3. The second kappa shape index (κ2) is 9.34. The minimum absolute atomic E-state index is 0.0378. The van der Waals surface area contributed by atoms with E-state index in [0.29, 0.717) is 5.56 Å². The molecule has 0 bridgehead atoms. The van der Waals surface area contributed by atoms with E-state index in [1.165, 1.54) is 25.3 Å². The Hall–Kier alpha value is -2.90. The van der Waals surface area contributed by atoms with Gasteiger partial charge in [0.05, 0.1) is 12.7 Å². The van der Waals surface area contributed by atoms with Gasteiger partial charge in [-0.1, -0.05) is 6.92 Å². The maximum absolute atomic E-state index is 12.5. The third kappa shape index (κ3) is 4.88. The zero-order valence-corrected chi connectivity index (χ0v) is 16.3. The van der Waals surface area contributed by atoms with E-state index in [-0.39, 0.29) is 22.8 Å². The number of aromatic nitrogens is 1. The number of ketones is 1. The van der Waals surface area contributed by atoms with Gasteiger partial charge in [0.15, 0.2) is 18.1 Å². The summed E-state index contributed by atoms with van der Waals surface area (Å²) < 4.78 is 41.1. The van der Waals surface area contributed by atoms with Crippen LogP contribution in [0.3, 0.4) is 0 Å². The molecule has 28 heavy (non-hydrogen) atoms. The number of benzene rings is 1. The number of Topliss-reactive ketones (excluding diaryl/α,β-unsaturated/α-hetero) is 1. The molecule has 0 fully saturated rings. The topological polar surface area (TPSA) is 66.8 Å². The molecule has 2 aromatic rings. The average molecular weight is 395 g/mol. The van der Waals surface area contributed by atoms with Crippen LogP contribution in [0.1, 0.15) is 45.4 Å². The Labute approximate surface area is 162 Å². The van der Waals surface area contributed by atoms with Crippen molar-refractivity contribution in [2.24, 2.45) is 0 Å². The molecular formula is C20H23F2NO5. The minimum atomic E-state index is -3.02. The molecule has 0 aliphatic carbocycles. The number of carbonyl (C=O) groups excluding carboxylic acids is 2. The smallest absolute Gasteiger partial charge is 0.387 e. The van der Waals surface area contributed by atoms with Crippen LogP contribution >= 0.6 is 0 Å². The van der Waals surface area contributed by atoms with Crippen LogP contribution in [-0.2, 0) is 11.3 Å². The van der Waals surface area contributed by atoms with Crippen molar-refractivity contribution in [2.45, 2.75) is 40.3 Å². The van der Waals surface area contributed by atoms with Crippen LogP contribution in [0.5, 0.6) is 11.5 Å². The van der Waals surface area contributed by atoms with Gasteiger partial charge in [0.1, 0.15) is 0 Å². The van der Waals surface area contributed by atoms with Gasteiger partial charge in [0, 0.05) is 23.5 Å². The van der Waals surface area contributed by atoms with Crippen LogP contribution in [0.4, 0.5) is 8.78 Å². The SMILES string of the molecule is CCCn1c(C)cc(C(=O)COC(=O)c2ccc(OC(F)F)c(OC)c2)c1C. The van der Waals surface area contributed by atoms with Crippen molar-refractivity contribution in [3.8, 4) is 11.5 Å². The highest BCUT2D eigenvalue weighted by Crippen LogP contribution is 2.29. The first kappa shape index (κ1) is 21.4. The highest BCUT2D eigenvalue weighted by molar-refractivity contribution is 6.00. The third-order valence-corrected chi connectivity index (χ3v) is 4.27. The number of ether oxygens (including phenoxy) is 3. The molecule has 1 aromatic carbocycles. The summed E-state index contributed by atoms with van der Waals surface area (Å²) in [6, 6.07) is 5.44. The van der Waals surface area contributed by atoms with E-state index in [0.717, 1.165) is 24.4 Å². The van der Waals surface area contributed by atoms with E-state index >= 15 is 0 Å². The van der Waals surface area contributed by atoms with Crippen molar-refractivity contribution >= 4 is 11.8 Å². The summed E-state index contributed by atoms with van der Waals surface area (Å²) in [6.45, 7) is 3.18. The molecule has 6 nitrogen and oxygen atoms in total. The summed E-state index contributed by atoms with van der Waals surface area (Å²) in [4.78, 5) is 24.7. The zero-order chi connectivity index (χ0) is 20.8. The fraction of sp³-hybridized carbons (Fsp3) is 0.400. The molecule has 2 rings (SSSR count). The Morgan fingerprint density at radius 1 is 1.14 bits per heavy atom. The monoisotopic (exact) mass is 395 g/mol.